The summed E-state index contributed by atoms with van der Waals surface area (Å²) in [4.78, 5) is 13.6. The molecule has 0 amide bonds. The van der Waals surface area contributed by atoms with Crippen LogP contribution in [0.5, 0.6) is 0 Å². The van der Waals surface area contributed by atoms with Gasteiger partial charge >= 0.3 is 0 Å². The normalized spacial score (nSPS) is 24.8. The molecule has 2 aromatic rings. The number of nitrogens with zero attached hydrogens (tertiary/aromatic N) is 5. The van der Waals surface area contributed by atoms with E-state index < -0.39 is 0 Å². The molecule has 7 heteroatoms. The molecule has 7 nitrogen and oxygen atoms in total. The van der Waals surface area contributed by atoms with Crippen molar-refractivity contribution in [1.29, 1.82) is 0 Å². The SMILES string of the molecule is Cc1noc(C)c1CN1C[C@@H]2COC[C@H](C1)N(c1cnccn1)C2. The summed E-state index contributed by atoms with van der Waals surface area (Å²) in [5, 5.41) is 4.08. The summed E-state index contributed by atoms with van der Waals surface area (Å²) in [7, 11) is 0. The van der Waals surface area contributed by atoms with Gasteiger partial charge in [0.25, 0.3) is 0 Å². The fourth-order valence-corrected chi connectivity index (χ4v) is 3.74. The molecule has 2 bridgehead atoms. The van der Waals surface area contributed by atoms with E-state index in [2.05, 4.69) is 24.9 Å². The minimum atomic E-state index is 0.287. The van der Waals surface area contributed by atoms with Crippen LogP contribution in [0, 0.1) is 19.8 Å². The van der Waals surface area contributed by atoms with Crippen molar-refractivity contribution >= 4 is 5.82 Å². The lowest BCUT2D eigenvalue weighted by atomic mass is 10.1. The molecule has 4 heterocycles. The number of ether oxygens (including phenoxy) is 1. The first-order valence-electron chi connectivity index (χ1n) is 8.45. The average molecular weight is 329 g/mol. The van der Waals surface area contributed by atoms with Gasteiger partial charge in [-0.05, 0) is 13.8 Å². The minimum absolute atomic E-state index is 0.287. The third kappa shape index (κ3) is 3.01. The molecule has 0 unspecified atom stereocenters. The second-order valence-electron chi connectivity index (χ2n) is 6.77. The van der Waals surface area contributed by atoms with Crippen LogP contribution in [-0.4, -0.2) is 58.9 Å². The zero-order valence-electron chi connectivity index (χ0n) is 14.2. The monoisotopic (exact) mass is 329 g/mol. The first-order chi connectivity index (χ1) is 11.7. The Balaban J connectivity index is 1.57. The fraction of sp³-hybridized carbons (Fsp3) is 0.588. The van der Waals surface area contributed by atoms with E-state index in [1.165, 1.54) is 5.56 Å². The first-order valence-corrected chi connectivity index (χ1v) is 8.45. The average Bonchev–Trinajstić information content (AvgIpc) is 2.77. The molecule has 2 aliphatic heterocycles. The van der Waals surface area contributed by atoms with Crippen LogP contribution in [0.25, 0.3) is 0 Å². The van der Waals surface area contributed by atoms with Gasteiger partial charge in [0.2, 0.25) is 0 Å². The zero-order chi connectivity index (χ0) is 16.5. The summed E-state index contributed by atoms with van der Waals surface area (Å²) in [6, 6.07) is 0.287. The third-order valence-corrected chi connectivity index (χ3v) is 4.95. The Labute approximate surface area is 141 Å². The van der Waals surface area contributed by atoms with E-state index in [0.29, 0.717) is 5.92 Å². The van der Waals surface area contributed by atoms with E-state index in [0.717, 1.165) is 56.7 Å². The Morgan fingerprint density at radius 3 is 2.83 bits per heavy atom. The highest BCUT2D eigenvalue weighted by atomic mass is 16.5. The molecule has 2 aliphatic rings. The van der Waals surface area contributed by atoms with E-state index >= 15 is 0 Å². The molecule has 0 N–H and O–H groups in total. The summed E-state index contributed by atoms with van der Waals surface area (Å²) in [6.07, 6.45) is 5.32. The number of fused-ring (bicyclic) bond motifs is 3. The number of aromatic nitrogens is 3. The molecule has 2 aromatic heterocycles. The molecule has 0 radical (unpaired) electrons. The van der Waals surface area contributed by atoms with Gasteiger partial charge in [-0.15, -0.1) is 0 Å². The van der Waals surface area contributed by atoms with Crippen molar-refractivity contribution in [3.8, 4) is 0 Å². The van der Waals surface area contributed by atoms with Crippen molar-refractivity contribution in [2.24, 2.45) is 5.92 Å². The maximum Gasteiger partial charge on any atom is 0.147 e. The van der Waals surface area contributed by atoms with Crippen molar-refractivity contribution < 1.29 is 9.26 Å². The van der Waals surface area contributed by atoms with Crippen molar-refractivity contribution in [3.63, 3.8) is 0 Å². The lowest BCUT2D eigenvalue weighted by Crippen LogP contribution is -2.44. The van der Waals surface area contributed by atoms with Gasteiger partial charge in [-0.1, -0.05) is 5.16 Å². The van der Waals surface area contributed by atoms with E-state index in [-0.39, 0.29) is 6.04 Å². The van der Waals surface area contributed by atoms with E-state index in [9.17, 15) is 0 Å². The van der Waals surface area contributed by atoms with Gasteiger partial charge in [0.1, 0.15) is 11.6 Å². The molecule has 2 atom stereocenters. The molecular formula is C17H23N5O2. The lowest BCUT2D eigenvalue weighted by Gasteiger charge is -2.31. The topological polar surface area (TPSA) is 67.5 Å². The highest BCUT2D eigenvalue weighted by Crippen LogP contribution is 2.25. The van der Waals surface area contributed by atoms with Gasteiger partial charge in [-0.2, -0.15) is 0 Å². The van der Waals surface area contributed by atoms with Gasteiger partial charge in [-0.3, -0.25) is 9.88 Å². The molecule has 2 saturated heterocycles. The number of rotatable bonds is 3. The number of hydrogen-bond donors (Lipinski definition) is 0. The van der Waals surface area contributed by atoms with Gasteiger partial charge in [0.05, 0.1) is 31.1 Å². The Morgan fingerprint density at radius 1 is 1.17 bits per heavy atom. The zero-order valence-corrected chi connectivity index (χ0v) is 14.2. The van der Waals surface area contributed by atoms with Crippen molar-refractivity contribution in [1.82, 2.24) is 20.0 Å². The van der Waals surface area contributed by atoms with Gasteiger partial charge in [-0.25, -0.2) is 4.98 Å². The molecule has 0 spiro atoms. The van der Waals surface area contributed by atoms with Crippen LogP contribution in [0.15, 0.2) is 23.1 Å². The molecule has 24 heavy (non-hydrogen) atoms. The van der Waals surface area contributed by atoms with Gasteiger partial charge < -0.3 is 14.2 Å². The minimum Gasteiger partial charge on any atom is -0.379 e. The highest BCUT2D eigenvalue weighted by molar-refractivity contribution is 5.38. The Hall–Kier alpha value is -1.99. The summed E-state index contributed by atoms with van der Waals surface area (Å²) in [5.41, 5.74) is 2.20. The van der Waals surface area contributed by atoms with Gasteiger partial charge in [0, 0.05) is 50.1 Å². The van der Waals surface area contributed by atoms with Crippen LogP contribution in [-0.2, 0) is 11.3 Å². The quantitative estimate of drug-likeness (QED) is 0.843. The smallest absolute Gasteiger partial charge is 0.147 e. The lowest BCUT2D eigenvalue weighted by molar-refractivity contribution is 0.0625. The molecule has 4 rings (SSSR count). The number of anilines is 1. The van der Waals surface area contributed by atoms with Crippen LogP contribution in [0.4, 0.5) is 5.82 Å². The summed E-state index contributed by atoms with van der Waals surface area (Å²) in [6.45, 7) is 9.32. The van der Waals surface area contributed by atoms with Gasteiger partial charge in [0.15, 0.2) is 0 Å². The summed E-state index contributed by atoms with van der Waals surface area (Å²) >= 11 is 0. The van der Waals surface area contributed by atoms with Crippen molar-refractivity contribution in [2.45, 2.75) is 26.4 Å². The van der Waals surface area contributed by atoms with Crippen LogP contribution in [0.3, 0.4) is 0 Å². The van der Waals surface area contributed by atoms with Crippen molar-refractivity contribution in [2.75, 3.05) is 37.7 Å². The highest BCUT2D eigenvalue weighted by Gasteiger charge is 2.34. The number of aryl methyl sites for hydroxylation is 2. The molecule has 0 aromatic carbocycles. The van der Waals surface area contributed by atoms with E-state index in [4.69, 9.17) is 9.26 Å². The summed E-state index contributed by atoms with van der Waals surface area (Å²) in [5.74, 6) is 2.32. The van der Waals surface area contributed by atoms with Crippen LogP contribution >= 0.6 is 0 Å². The van der Waals surface area contributed by atoms with E-state index in [1.54, 1.807) is 12.4 Å². The van der Waals surface area contributed by atoms with E-state index in [1.807, 2.05) is 20.0 Å². The standard InChI is InChI=1S/C17H23N5O2/c1-12-16(13(2)24-20-12)9-21-6-14-7-22(15(8-21)11-23-10-14)17-5-18-3-4-19-17/h3-5,14-15H,6-11H2,1-2H3/t14-,15-/m0/s1. The maximum absolute atomic E-state index is 5.90. The third-order valence-electron chi connectivity index (χ3n) is 4.95. The molecule has 128 valence electrons. The summed E-state index contributed by atoms with van der Waals surface area (Å²) < 4.78 is 11.2. The number of hydrogen-bond acceptors (Lipinski definition) is 7. The molecule has 2 fully saturated rings. The Bertz CT molecular complexity index is 670. The second kappa shape index (κ2) is 6.49. The fourth-order valence-electron chi connectivity index (χ4n) is 3.74. The van der Waals surface area contributed by atoms with Crippen LogP contribution in [0.1, 0.15) is 17.0 Å². The maximum atomic E-state index is 5.90. The Morgan fingerprint density at radius 2 is 2.08 bits per heavy atom. The Kier molecular flexibility index (Phi) is 4.20. The second-order valence-corrected chi connectivity index (χ2v) is 6.77. The largest absolute Gasteiger partial charge is 0.379 e. The van der Waals surface area contributed by atoms with Crippen molar-refractivity contribution in [3.05, 3.63) is 35.6 Å². The first kappa shape index (κ1) is 15.5. The predicted octanol–water partition coefficient (Wildman–Crippen LogP) is 1.42. The predicted molar refractivity (Wildman–Crippen MR) is 88.7 cm³/mol. The van der Waals surface area contributed by atoms with Crippen LogP contribution < -0.4 is 4.90 Å². The molecule has 0 saturated carbocycles. The molecule has 0 aliphatic carbocycles. The molecular weight excluding hydrogens is 306 g/mol. The van der Waals surface area contributed by atoms with Crippen LogP contribution in [0.2, 0.25) is 0 Å².